The van der Waals surface area contributed by atoms with Gasteiger partial charge in [0.1, 0.15) is 11.4 Å². The first-order chi connectivity index (χ1) is 15.6. The number of ether oxygens (including phenoxy) is 1. The molecule has 0 atom stereocenters. The van der Waals surface area contributed by atoms with E-state index in [0.717, 1.165) is 43.7 Å². The van der Waals surface area contributed by atoms with Gasteiger partial charge >= 0.3 is 0 Å². The normalized spacial score (nSPS) is 16.2. The zero-order chi connectivity index (χ0) is 22.2. The summed E-state index contributed by atoms with van der Waals surface area (Å²) in [5.74, 6) is -1.09. The van der Waals surface area contributed by atoms with Crippen molar-refractivity contribution in [1.82, 2.24) is 19.6 Å². The number of morpholine rings is 1. The molecule has 3 aromatic rings. The molecule has 0 radical (unpaired) electrons. The topological polar surface area (TPSA) is 93.0 Å². The van der Waals surface area contributed by atoms with Gasteiger partial charge in [-0.3, -0.25) is 24.3 Å². The van der Waals surface area contributed by atoms with Crippen LogP contribution >= 0.6 is 15.9 Å². The van der Waals surface area contributed by atoms with E-state index < -0.39 is 0 Å². The van der Waals surface area contributed by atoms with Gasteiger partial charge < -0.3 is 14.5 Å². The van der Waals surface area contributed by atoms with Gasteiger partial charge in [0.05, 0.1) is 35.4 Å². The zero-order valence-corrected chi connectivity index (χ0v) is 18.9. The van der Waals surface area contributed by atoms with Crippen molar-refractivity contribution in [2.75, 3.05) is 39.4 Å². The van der Waals surface area contributed by atoms with Crippen molar-refractivity contribution in [3.05, 3.63) is 69.2 Å². The predicted octanol–water partition coefficient (Wildman–Crippen LogP) is 2.32. The highest BCUT2D eigenvalue weighted by Crippen LogP contribution is 2.33. The molecule has 1 fully saturated rings. The number of ketones is 2. The van der Waals surface area contributed by atoms with Gasteiger partial charge in [-0.15, -0.1) is 0 Å². The van der Waals surface area contributed by atoms with Gasteiger partial charge in [-0.05, 0) is 53.2 Å². The summed E-state index contributed by atoms with van der Waals surface area (Å²) < 4.78 is 7.70. The molecule has 0 bridgehead atoms. The minimum absolute atomic E-state index is 0.113. The number of rotatable bonds is 5. The fourth-order valence-electron chi connectivity index (χ4n) is 4.34. The van der Waals surface area contributed by atoms with Gasteiger partial charge in [0, 0.05) is 36.5 Å². The lowest BCUT2D eigenvalue weighted by Gasteiger charge is -2.26. The first-order valence-electron chi connectivity index (χ1n) is 10.5. The molecule has 32 heavy (non-hydrogen) atoms. The lowest BCUT2D eigenvalue weighted by molar-refractivity contribution is 0.0374. The van der Waals surface area contributed by atoms with Gasteiger partial charge in [0.2, 0.25) is 5.78 Å². The molecule has 4 heterocycles. The lowest BCUT2D eigenvalue weighted by atomic mass is 9.89. The van der Waals surface area contributed by atoms with Crippen molar-refractivity contribution < 1.29 is 19.1 Å². The second-order valence-electron chi connectivity index (χ2n) is 7.82. The zero-order valence-electron chi connectivity index (χ0n) is 17.3. The molecule has 0 unspecified atom stereocenters. The molecule has 3 aromatic heterocycles. The molecule has 5 rings (SSSR count). The second kappa shape index (κ2) is 8.57. The summed E-state index contributed by atoms with van der Waals surface area (Å²) in [5.41, 5.74) is 1.39. The summed E-state index contributed by atoms with van der Waals surface area (Å²) in [4.78, 5) is 46.3. The van der Waals surface area contributed by atoms with Gasteiger partial charge in [-0.1, -0.05) is 0 Å². The number of amides is 1. The standard InChI is InChI=1S/C23H21BrN4O4/c24-14-4-5-16-17(23(31)26-7-2-8-27-9-11-32-12-10-27)18-20(28(16)13-14)22(30)19-15(21(18)29)3-1-6-25-19/h1,3-6,13H,2,7-12H2,(H,26,31). The second-order valence-corrected chi connectivity index (χ2v) is 8.74. The minimum Gasteiger partial charge on any atom is -0.379 e. The molecule has 0 saturated carbocycles. The molecule has 1 aliphatic heterocycles. The monoisotopic (exact) mass is 496 g/mol. The van der Waals surface area contributed by atoms with Crippen LogP contribution in [0.4, 0.5) is 0 Å². The molecular weight excluding hydrogens is 476 g/mol. The van der Waals surface area contributed by atoms with E-state index in [1.807, 2.05) is 0 Å². The molecule has 9 heteroatoms. The van der Waals surface area contributed by atoms with E-state index in [1.165, 1.54) is 6.20 Å². The van der Waals surface area contributed by atoms with Crippen LogP contribution < -0.4 is 5.32 Å². The van der Waals surface area contributed by atoms with Crippen LogP contribution in [0.15, 0.2) is 41.1 Å². The van der Waals surface area contributed by atoms with E-state index >= 15 is 0 Å². The minimum atomic E-state index is -0.366. The van der Waals surface area contributed by atoms with Crippen molar-refractivity contribution in [3.8, 4) is 0 Å². The Morgan fingerprint density at radius 3 is 2.78 bits per heavy atom. The largest absolute Gasteiger partial charge is 0.379 e. The molecule has 1 aliphatic carbocycles. The highest BCUT2D eigenvalue weighted by molar-refractivity contribution is 9.10. The lowest BCUT2D eigenvalue weighted by Crippen LogP contribution is -2.38. The third-order valence-electron chi connectivity index (χ3n) is 5.87. The van der Waals surface area contributed by atoms with Crippen molar-refractivity contribution in [2.24, 2.45) is 0 Å². The number of halogens is 1. The molecule has 164 valence electrons. The summed E-state index contributed by atoms with van der Waals surface area (Å²) in [6, 6.07) is 6.72. The maximum Gasteiger partial charge on any atom is 0.254 e. The van der Waals surface area contributed by atoms with E-state index in [9.17, 15) is 14.4 Å². The summed E-state index contributed by atoms with van der Waals surface area (Å²) in [6.07, 6.45) is 3.97. The number of hydrogen-bond acceptors (Lipinski definition) is 6. The number of fused-ring (bicyclic) bond motifs is 4. The third kappa shape index (κ3) is 3.56. The Balaban J connectivity index is 1.47. The average molecular weight is 497 g/mol. The maximum absolute atomic E-state index is 13.4. The highest BCUT2D eigenvalue weighted by atomic mass is 79.9. The van der Waals surface area contributed by atoms with E-state index in [4.69, 9.17) is 4.74 Å². The average Bonchev–Trinajstić information content (AvgIpc) is 3.15. The van der Waals surface area contributed by atoms with Gasteiger partial charge in [0.25, 0.3) is 5.91 Å². The van der Waals surface area contributed by atoms with Crippen LogP contribution in [-0.2, 0) is 4.74 Å². The predicted molar refractivity (Wildman–Crippen MR) is 120 cm³/mol. The molecule has 0 spiro atoms. The first-order valence-corrected chi connectivity index (χ1v) is 11.3. The molecule has 0 aromatic carbocycles. The van der Waals surface area contributed by atoms with Gasteiger partial charge in [0.15, 0.2) is 5.78 Å². The Morgan fingerprint density at radius 1 is 1.16 bits per heavy atom. The summed E-state index contributed by atoms with van der Waals surface area (Å²) in [7, 11) is 0. The smallest absolute Gasteiger partial charge is 0.254 e. The van der Waals surface area contributed by atoms with E-state index in [-0.39, 0.29) is 45.6 Å². The van der Waals surface area contributed by atoms with Crippen LogP contribution in [0, 0.1) is 0 Å². The van der Waals surface area contributed by atoms with Crippen molar-refractivity contribution >= 4 is 38.9 Å². The molecule has 1 N–H and O–H groups in total. The van der Waals surface area contributed by atoms with Gasteiger partial charge in [-0.2, -0.15) is 0 Å². The van der Waals surface area contributed by atoms with Crippen LogP contribution in [0.2, 0.25) is 0 Å². The SMILES string of the molecule is O=C1c2cccnc2C(=O)c2c1c(C(=O)NCCCN1CCOCC1)c1ccc(Br)cn21. The number of hydrogen-bond donors (Lipinski definition) is 1. The fourth-order valence-corrected chi connectivity index (χ4v) is 4.68. The number of pyridine rings is 2. The summed E-state index contributed by atoms with van der Waals surface area (Å²) in [5, 5.41) is 2.94. The van der Waals surface area contributed by atoms with Crippen molar-refractivity contribution in [3.63, 3.8) is 0 Å². The van der Waals surface area contributed by atoms with Crippen LogP contribution in [0.25, 0.3) is 5.52 Å². The number of nitrogens with one attached hydrogen (secondary N) is 1. The molecule has 1 amide bonds. The molecule has 8 nitrogen and oxygen atoms in total. The number of carbonyl (C=O) groups excluding carboxylic acids is 3. The molecule has 2 aliphatic rings. The van der Waals surface area contributed by atoms with Crippen LogP contribution in [0.3, 0.4) is 0 Å². The quantitative estimate of drug-likeness (QED) is 0.426. The highest BCUT2D eigenvalue weighted by Gasteiger charge is 2.38. The van der Waals surface area contributed by atoms with Crippen LogP contribution in [0.5, 0.6) is 0 Å². The molecular formula is C23H21BrN4O4. The number of carbonyl (C=O) groups is 3. The Bertz CT molecular complexity index is 1250. The Labute approximate surface area is 192 Å². The number of nitrogens with zero attached hydrogens (tertiary/aromatic N) is 3. The first kappa shape index (κ1) is 21.0. The Morgan fingerprint density at radius 2 is 1.97 bits per heavy atom. The van der Waals surface area contributed by atoms with E-state index in [1.54, 1.807) is 34.9 Å². The Kier molecular flexibility index (Phi) is 5.62. The molecule has 1 saturated heterocycles. The third-order valence-corrected chi connectivity index (χ3v) is 6.34. The number of aromatic nitrogens is 2. The van der Waals surface area contributed by atoms with Crippen molar-refractivity contribution in [2.45, 2.75) is 6.42 Å². The summed E-state index contributed by atoms with van der Waals surface area (Å²) in [6.45, 7) is 4.59. The van der Waals surface area contributed by atoms with Gasteiger partial charge in [-0.25, -0.2) is 0 Å². The van der Waals surface area contributed by atoms with Crippen LogP contribution in [0.1, 0.15) is 48.9 Å². The van der Waals surface area contributed by atoms with Crippen LogP contribution in [-0.4, -0.2) is 71.2 Å². The van der Waals surface area contributed by atoms with E-state index in [2.05, 4.69) is 31.1 Å². The van der Waals surface area contributed by atoms with E-state index in [0.29, 0.717) is 12.1 Å². The fraction of sp³-hybridized carbons (Fsp3) is 0.304. The Hall–Kier alpha value is -2.88. The summed E-state index contributed by atoms with van der Waals surface area (Å²) >= 11 is 3.42. The maximum atomic E-state index is 13.4. The van der Waals surface area contributed by atoms with Crippen molar-refractivity contribution in [1.29, 1.82) is 0 Å².